The van der Waals surface area contributed by atoms with Gasteiger partial charge in [0.15, 0.2) is 0 Å². The van der Waals surface area contributed by atoms with E-state index in [0.717, 1.165) is 11.0 Å². The number of hydrogen-bond acceptors (Lipinski definition) is 4. The van der Waals surface area contributed by atoms with Crippen molar-refractivity contribution in [3.8, 4) is 0 Å². The molecule has 2 rings (SSSR count). The standard InChI is InChI=1S/C9H10N4O2.ClH/c10-6(9(14)15)5-13-8-4-2-1-3-7(8)11-12-13;/h1-4,6H,5,10H2,(H,14,15);1H/t6-;/m0./s1. The van der Waals surface area contributed by atoms with Gasteiger partial charge in [-0.05, 0) is 12.1 Å². The Kier molecular flexibility index (Phi) is 3.81. The molecule has 0 aliphatic heterocycles. The second kappa shape index (κ2) is 4.91. The Balaban J connectivity index is 0.00000128. The molecule has 0 bridgehead atoms. The van der Waals surface area contributed by atoms with Crippen LogP contribution in [-0.4, -0.2) is 32.1 Å². The van der Waals surface area contributed by atoms with Gasteiger partial charge in [0.05, 0.1) is 12.1 Å². The van der Waals surface area contributed by atoms with Crippen LogP contribution in [0.15, 0.2) is 24.3 Å². The van der Waals surface area contributed by atoms with Gasteiger partial charge in [-0.15, -0.1) is 17.5 Å². The molecule has 2 aromatic rings. The van der Waals surface area contributed by atoms with Crippen molar-refractivity contribution in [2.45, 2.75) is 12.6 Å². The van der Waals surface area contributed by atoms with Gasteiger partial charge in [-0.25, -0.2) is 4.68 Å². The minimum atomic E-state index is -1.05. The number of nitrogens with two attached hydrogens (primary N) is 1. The van der Waals surface area contributed by atoms with Gasteiger partial charge in [0.25, 0.3) is 0 Å². The van der Waals surface area contributed by atoms with Crippen LogP contribution in [-0.2, 0) is 11.3 Å². The number of hydrogen-bond donors (Lipinski definition) is 2. The lowest BCUT2D eigenvalue weighted by atomic mass is 10.3. The Morgan fingerprint density at radius 2 is 2.19 bits per heavy atom. The Morgan fingerprint density at radius 1 is 1.50 bits per heavy atom. The van der Waals surface area contributed by atoms with Crippen LogP contribution in [0.1, 0.15) is 0 Å². The number of rotatable bonds is 3. The maximum atomic E-state index is 10.6. The molecule has 0 saturated carbocycles. The van der Waals surface area contributed by atoms with Gasteiger partial charge in [0.1, 0.15) is 11.6 Å². The first kappa shape index (κ1) is 12.4. The van der Waals surface area contributed by atoms with E-state index in [1.807, 2.05) is 24.3 Å². The number of aliphatic carboxylic acids is 1. The lowest BCUT2D eigenvalue weighted by molar-refractivity contribution is -0.138. The van der Waals surface area contributed by atoms with Crippen LogP contribution in [0.3, 0.4) is 0 Å². The molecule has 0 radical (unpaired) electrons. The highest BCUT2D eigenvalue weighted by Crippen LogP contribution is 2.09. The molecule has 7 heteroatoms. The smallest absolute Gasteiger partial charge is 0.322 e. The lowest BCUT2D eigenvalue weighted by Crippen LogP contribution is -2.34. The molecule has 1 heterocycles. The van der Waals surface area contributed by atoms with Gasteiger partial charge < -0.3 is 10.8 Å². The molecular formula is C9H11ClN4O2. The largest absolute Gasteiger partial charge is 0.480 e. The van der Waals surface area contributed by atoms with Gasteiger partial charge >= 0.3 is 5.97 Å². The molecule has 1 aromatic carbocycles. The Hall–Kier alpha value is -1.66. The zero-order chi connectivity index (χ0) is 10.8. The van der Waals surface area contributed by atoms with E-state index < -0.39 is 12.0 Å². The fraction of sp³-hybridized carbons (Fsp3) is 0.222. The highest BCUT2D eigenvalue weighted by Gasteiger charge is 2.14. The first-order valence-electron chi connectivity index (χ1n) is 4.45. The monoisotopic (exact) mass is 242 g/mol. The summed E-state index contributed by atoms with van der Waals surface area (Å²) in [5.41, 5.74) is 6.93. The quantitative estimate of drug-likeness (QED) is 0.806. The average Bonchev–Trinajstić information content (AvgIpc) is 2.62. The van der Waals surface area contributed by atoms with E-state index in [4.69, 9.17) is 10.8 Å². The number of para-hydroxylation sites is 1. The number of aromatic nitrogens is 3. The third-order valence-corrected chi connectivity index (χ3v) is 2.11. The summed E-state index contributed by atoms with van der Waals surface area (Å²) in [4.78, 5) is 10.6. The summed E-state index contributed by atoms with van der Waals surface area (Å²) in [6.45, 7) is 0.121. The van der Waals surface area contributed by atoms with E-state index in [1.165, 1.54) is 4.68 Å². The van der Waals surface area contributed by atoms with Crippen molar-refractivity contribution in [3.63, 3.8) is 0 Å². The van der Waals surface area contributed by atoms with Crippen LogP contribution >= 0.6 is 12.4 Å². The summed E-state index contributed by atoms with van der Waals surface area (Å²) in [6, 6.07) is 6.36. The minimum Gasteiger partial charge on any atom is -0.480 e. The van der Waals surface area contributed by atoms with E-state index in [2.05, 4.69) is 10.3 Å². The van der Waals surface area contributed by atoms with Gasteiger partial charge in [-0.2, -0.15) is 0 Å². The zero-order valence-corrected chi connectivity index (χ0v) is 9.09. The average molecular weight is 243 g/mol. The maximum Gasteiger partial charge on any atom is 0.322 e. The third kappa shape index (κ3) is 2.29. The van der Waals surface area contributed by atoms with E-state index in [0.29, 0.717) is 0 Å². The van der Waals surface area contributed by atoms with Crippen LogP contribution in [0, 0.1) is 0 Å². The molecule has 16 heavy (non-hydrogen) atoms. The Bertz CT molecular complexity index is 499. The number of benzene rings is 1. The van der Waals surface area contributed by atoms with Crippen molar-refractivity contribution in [3.05, 3.63) is 24.3 Å². The van der Waals surface area contributed by atoms with E-state index in [9.17, 15) is 4.79 Å². The Morgan fingerprint density at radius 3 is 2.88 bits per heavy atom. The topological polar surface area (TPSA) is 94.0 Å². The molecule has 0 saturated heterocycles. The lowest BCUT2D eigenvalue weighted by Gasteiger charge is -2.05. The molecule has 86 valence electrons. The summed E-state index contributed by atoms with van der Waals surface area (Å²) in [6.07, 6.45) is 0. The number of carboxylic acids is 1. The molecule has 1 aromatic heterocycles. The van der Waals surface area contributed by atoms with Crippen molar-refractivity contribution >= 4 is 29.4 Å². The molecule has 0 fully saturated rings. The first-order valence-corrected chi connectivity index (χ1v) is 4.45. The predicted molar refractivity (Wildman–Crippen MR) is 60.4 cm³/mol. The molecule has 0 spiro atoms. The highest BCUT2D eigenvalue weighted by atomic mass is 35.5. The van der Waals surface area contributed by atoms with Gasteiger partial charge in [0, 0.05) is 0 Å². The summed E-state index contributed by atoms with van der Waals surface area (Å²) in [7, 11) is 0. The van der Waals surface area contributed by atoms with Crippen LogP contribution in [0.4, 0.5) is 0 Å². The summed E-state index contributed by atoms with van der Waals surface area (Å²) in [5.74, 6) is -1.05. The number of halogens is 1. The van der Waals surface area contributed by atoms with Crippen molar-refractivity contribution in [1.82, 2.24) is 15.0 Å². The molecule has 3 N–H and O–H groups in total. The van der Waals surface area contributed by atoms with Crippen molar-refractivity contribution < 1.29 is 9.90 Å². The molecule has 0 aliphatic rings. The fourth-order valence-electron chi connectivity index (χ4n) is 1.32. The highest BCUT2D eigenvalue weighted by molar-refractivity contribution is 5.85. The minimum absolute atomic E-state index is 0. The summed E-state index contributed by atoms with van der Waals surface area (Å²) >= 11 is 0. The van der Waals surface area contributed by atoms with Gasteiger partial charge in [-0.1, -0.05) is 17.3 Å². The van der Waals surface area contributed by atoms with Gasteiger partial charge in [0.2, 0.25) is 0 Å². The molecule has 0 amide bonds. The molecular weight excluding hydrogens is 232 g/mol. The fourth-order valence-corrected chi connectivity index (χ4v) is 1.32. The first-order chi connectivity index (χ1) is 7.18. The van der Waals surface area contributed by atoms with E-state index in [-0.39, 0.29) is 19.0 Å². The van der Waals surface area contributed by atoms with Crippen LogP contribution in [0.25, 0.3) is 11.0 Å². The zero-order valence-electron chi connectivity index (χ0n) is 8.28. The second-order valence-corrected chi connectivity index (χ2v) is 3.20. The van der Waals surface area contributed by atoms with Crippen LogP contribution in [0.5, 0.6) is 0 Å². The van der Waals surface area contributed by atoms with E-state index >= 15 is 0 Å². The molecule has 1 atom stereocenters. The van der Waals surface area contributed by atoms with Crippen molar-refractivity contribution in [2.75, 3.05) is 0 Å². The summed E-state index contributed by atoms with van der Waals surface area (Å²) < 4.78 is 1.49. The maximum absolute atomic E-state index is 10.6. The summed E-state index contributed by atoms with van der Waals surface area (Å²) in [5, 5.41) is 16.4. The normalized spacial score (nSPS) is 12.1. The molecule has 0 unspecified atom stereocenters. The van der Waals surface area contributed by atoms with Crippen molar-refractivity contribution in [1.29, 1.82) is 0 Å². The van der Waals surface area contributed by atoms with Crippen molar-refractivity contribution in [2.24, 2.45) is 5.73 Å². The van der Waals surface area contributed by atoms with Crippen LogP contribution in [0.2, 0.25) is 0 Å². The van der Waals surface area contributed by atoms with Gasteiger partial charge in [-0.3, -0.25) is 4.79 Å². The second-order valence-electron chi connectivity index (χ2n) is 3.20. The number of carboxylic acid groups (broad SMARTS) is 1. The van der Waals surface area contributed by atoms with Crippen LogP contribution < -0.4 is 5.73 Å². The number of nitrogens with zero attached hydrogens (tertiary/aromatic N) is 3. The Labute approximate surface area is 97.5 Å². The molecule has 0 aliphatic carbocycles. The molecule has 6 nitrogen and oxygen atoms in total. The third-order valence-electron chi connectivity index (χ3n) is 2.11. The number of carbonyl (C=O) groups is 1. The SMILES string of the molecule is Cl.N[C@@H](Cn1nnc2ccccc21)C(=O)O. The number of fused-ring (bicyclic) bond motifs is 1. The van der Waals surface area contributed by atoms with E-state index in [1.54, 1.807) is 0 Å². The predicted octanol–water partition coefficient (Wildman–Crippen LogP) is 0.265.